The van der Waals surface area contributed by atoms with Crippen LogP contribution in [0.25, 0.3) is 0 Å². The van der Waals surface area contributed by atoms with Crippen LogP contribution in [-0.4, -0.2) is 17.0 Å². The quantitative estimate of drug-likeness (QED) is 0.893. The SMILES string of the molecule is CNc1nc(C23CC4CC(CC(C4)C2)C3)nc(C)c1C. The Morgan fingerprint density at radius 1 is 0.950 bits per heavy atom. The standard InChI is InChI=1S/C17H25N3/c1-10-11(2)19-16(20-15(10)18-3)17-7-12-4-13(8-17)6-14(5-12)9-17/h12-14H,4-9H2,1-3H3,(H,18,19,20). The molecular weight excluding hydrogens is 246 g/mol. The van der Waals surface area contributed by atoms with Gasteiger partial charge < -0.3 is 5.32 Å². The van der Waals surface area contributed by atoms with Crippen LogP contribution in [0.3, 0.4) is 0 Å². The van der Waals surface area contributed by atoms with Crippen LogP contribution in [0.5, 0.6) is 0 Å². The van der Waals surface area contributed by atoms with Gasteiger partial charge in [-0.1, -0.05) is 0 Å². The van der Waals surface area contributed by atoms with Crippen molar-refractivity contribution in [1.29, 1.82) is 0 Å². The van der Waals surface area contributed by atoms with Crippen LogP contribution < -0.4 is 5.32 Å². The normalized spacial score (nSPS) is 38.2. The van der Waals surface area contributed by atoms with Gasteiger partial charge in [0.05, 0.1) is 0 Å². The Bertz CT molecular complexity index is 514. The number of anilines is 1. The zero-order valence-corrected chi connectivity index (χ0v) is 12.9. The third-order valence-electron chi connectivity index (χ3n) is 6.14. The zero-order chi connectivity index (χ0) is 13.9. The Hall–Kier alpha value is -1.12. The first-order valence-electron chi connectivity index (χ1n) is 8.13. The number of rotatable bonds is 2. The molecular formula is C17H25N3. The van der Waals surface area contributed by atoms with Crippen LogP contribution >= 0.6 is 0 Å². The van der Waals surface area contributed by atoms with Gasteiger partial charge in [-0.25, -0.2) is 9.97 Å². The molecule has 0 spiro atoms. The predicted octanol–water partition coefficient (Wildman–Crippen LogP) is 3.60. The minimum Gasteiger partial charge on any atom is -0.373 e. The summed E-state index contributed by atoms with van der Waals surface area (Å²) in [5.74, 6) is 5.02. The van der Waals surface area contributed by atoms with E-state index in [9.17, 15) is 0 Å². The molecule has 0 unspecified atom stereocenters. The maximum absolute atomic E-state index is 4.92. The Morgan fingerprint density at radius 2 is 1.50 bits per heavy atom. The molecule has 4 saturated carbocycles. The van der Waals surface area contributed by atoms with Crippen molar-refractivity contribution in [1.82, 2.24) is 9.97 Å². The van der Waals surface area contributed by atoms with E-state index in [4.69, 9.17) is 9.97 Å². The van der Waals surface area contributed by atoms with E-state index in [1.807, 2.05) is 7.05 Å². The summed E-state index contributed by atoms with van der Waals surface area (Å²) in [6, 6.07) is 0. The molecule has 4 bridgehead atoms. The van der Waals surface area contributed by atoms with Gasteiger partial charge in [0.1, 0.15) is 11.6 Å². The fourth-order valence-electron chi connectivity index (χ4n) is 5.49. The number of hydrogen-bond acceptors (Lipinski definition) is 3. The zero-order valence-electron chi connectivity index (χ0n) is 12.9. The molecule has 0 saturated heterocycles. The molecule has 3 nitrogen and oxygen atoms in total. The fourth-order valence-corrected chi connectivity index (χ4v) is 5.49. The first kappa shape index (κ1) is 12.6. The lowest BCUT2D eigenvalue weighted by molar-refractivity contribution is -0.00941. The lowest BCUT2D eigenvalue weighted by atomic mass is 9.49. The third kappa shape index (κ3) is 1.71. The molecule has 0 atom stereocenters. The van der Waals surface area contributed by atoms with Gasteiger partial charge in [0.15, 0.2) is 0 Å². The smallest absolute Gasteiger partial charge is 0.137 e. The molecule has 1 aromatic rings. The molecule has 4 fully saturated rings. The molecule has 3 heteroatoms. The Kier molecular flexibility index (Phi) is 2.64. The molecule has 20 heavy (non-hydrogen) atoms. The predicted molar refractivity (Wildman–Crippen MR) is 80.9 cm³/mol. The Morgan fingerprint density at radius 3 is 2.00 bits per heavy atom. The molecule has 0 aliphatic heterocycles. The van der Waals surface area contributed by atoms with E-state index in [0.29, 0.717) is 5.41 Å². The minimum atomic E-state index is 0.304. The summed E-state index contributed by atoms with van der Waals surface area (Å²) in [6.45, 7) is 4.24. The second-order valence-electron chi connectivity index (χ2n) is 7.55. The number of hydrogen-bond donors (Lipinski definition) is 1. The minimum absolute atomic E-state index is 0.304. The molecule has 1 N–H and O–H groups in total. The molecule has 0 amide bonds. The van der Waals surface area contributed by atoms with E-state index in [1.54, 1.807) is 0 Å². The number of aromatic nitrogens is 2. The highest BCUT2D eigenvalue weighted by Crippen LogP contribution is 2.60. The van der Waals surface area contributed by atoms with Crippen LogP contribution in [0.2, 0.25) is 0 Å². The lowest BCUT2D eigenvalue weighted by Gasteiger charge is -2.56. The summed E-state index contributed by atoms with van der Waals surface area (Å²) in [6.07, 6.45) is 8.44. The van der Waals surface area contributed by atoms with Crippen molar-refractivity contribution >= 4 is 5.82 Å². The van der Waals surface area contributed by atoms with E-state index in [2.05, 4.69) is 19.2 Å². The summed E-state index contributed by atoms with van der Waals surface area (Å²) >= 11 is 0. The monoisotopic (exact) mass is 271 g/mol. The topological polar surface area (TPSA) is 37.8 Å². The van der Waals surface area contributed by atoms with E-state index >= 15 is 0 Å². The van der Waals surface area contributed by atoms with Crippen molar-refractivity contribution in [3.63, 3.8) is 0 Å². The first-order chi connectivity index (χ1) is 9.59. The van der Waals surface area contributed by atoms with Gasteiger partial charge in [0.2, 0.25) is 0 Å². The highest BCUT2D eigenvalue weighted by atomic mass is 15.0. The fraction of sp³-hybridized carbons (Fsp3) is 0.765. The van der Waals surface area contributed by atoms with Crippen molar-refractivity contribution in [2.24, 2.45) is 17.8 Å². The number of aryl methyl sites for hydroxylation is 1. The second-order valence-corrected chi connectivity index (χ2v) is 7.55. The largest absolute Gasteiger partial charge is 0.373 e. The second kappa shape index (κ2) is 4.19. The number of nitrogens with one attached hydrogen (secondary N) is 1. The summed E-state index contributed by atoms with van der Waals surface area (Å²) in [5.41, 5.74) is 2.65. The highest BCUT2D eigenvalue weighted by Gasteiger charge is 2.53. The van der Waals surface area contributed by atoms with E-state index in [-0.39, 0.29) is 0 Å². The molecule has 1 heterocycles. The van der Waals surface area contributed by atoms with Gasteiger partial charge in [-0.15, -0.1) is 0 Å². The molecule has 108 valence electrons. The molecule has 4 aliphatic carbocycles. The first-order valence-corrected chi connectivity index (χ1v) is 8.13. The summed E-state index contributed by atoms with van der Waals surface area (Å²) in [5, 5.41) is 3.26. The van der Waals surface area contributed by atoms with Crippen molar-refractivity contribution in [3.8, 4) is 0 Å². The van der Waals surface area contributed by atoms with Crippen LogP contribution in [0.1, 0.15) is 55.6 Å². The highest BCUT2D eigenvalue weighted by molar-refractivity contribution is 5.45. The maximum Gasteiger partial charge on any atom is 0.137 e. The average molecular weight is 271 g/mol. The van der Waals surface area contributed by atoms with E-state index < -0.39 is 0 Å². The van der Waals surface area contributed by atoms with Crippen molar-refractivity contribution in [2.45, 2.75) is 57.8 Å². The Balaban J connectivity index is 1.79. The van der Waals surface area contributed by atoms with Crippen LogP contribution in [-0.2, 0) is 5.41 Å². The summed E-state index contributed by atoms with van der Waals surface area (Å²) < 4.78 is 0. The van der Waals surface area contributed by atoms with Crippen LogP contribution in [0.4, 0.5) is 5.82 Å². The van der Waals surface area contributed by atoms with Gasteiger partial charge >= 0.3 is 0 Å². The molecule has 5 rings (SSSR count). The Labute approximate surface area is 121 Å². The number of nitrogens with zero attached hydrogens (tertiary/aromatic N) is 2. The van der Waals surface area contributed by atoms with Crippen LogP contribution in [0.15, 0.2) is 0 Å². The third-order valence-corrected chi connectivity index (χ3v) is 6.14. The van der Waals surface area contributed by atoms with Gasteiger partial charge in [0, 0.05) is 23.7 Å². The van der Waals surface area contributed by atoms with Gasteiger partial charge in [-0.2, -0.15) is 0 Å². The molecule has 0 aromatic carbocycles. The molecule has 4 aliphatic rings. The maximum atomic E-state index is 4.92. The van der Waals surface area contributed by atoms with Gasteiger partial charge in [-0.3, -0.25) is 0 Å². The van der Waals surface area contributed by atoms with Crippen LogP contribution in [0, 0.1) is 31.6 Å². The molecule has 1 aromatic heterocycles. The summed E-state index contributed by atoms with van der Waals surface area (Å²) in [7, 11) is 1.97. The average Bonchev–Trinajstić information content (AvgIpc) is 2.40. The van der Waals surface area contributed by atoms with Gasteiger partial charge in [0.25, 0.3) is 0 Å². The lowest BCUT2D eigenvalue weighted by Crippen LogP contribution is -2.49. The van der Waals surface area contributed by atoms with Gasteiger partial charge in [-0.05, 0) is 70.1 Å². The van der Waals surface area contributed by atoms with E-state index in [0.717, 1.165) is 35.1 Å². The van der Waals surface area contributed by atoms with Crippen molar-refractivity contribution in [3.05, 3.63) is 17.1 Å². The summed E-state index contributed by atoms with van der Waals surface area (Å²) in [4.78, 5) is 9.84. The molecule has 0 radical (unpaired) electrons. The van der Waals surface area contributed by atoms with Crippen molar-refractivity contribution < 1.29 is 0 Å². The van der Waals surface area contributed by atoms with E-state index in [1.165, 1.54) is 44.1 Å². The van der Waals surface area contributed by atoms with Crippen molar-refractivity contribution in [2.75, 3.05) is 12.4 Å².